The van der Waals surface area contributed by atoms with Gasteiger partial charge >= 0.3 is 5.97 Å². The Morgan fingerprint density at radius 2 is 2.29 bits per heavy atom. The van der Waals surface area contributed by atoms with Gasteiger partial charge in [-0.25, -0.2) is 0 Å². The van der Waals surface area contributed by atoms with Gasteiger partial charge in [0.05, 0.1) is 6.42 Å². The molecule has 0 spiro atoms. The number of aryl methyl sites for hydroxylation is 1. The summed E-state index contributed by atoms with van der Waals surface area (Å²) in [6.45, 7) is 1.24. The monoisotopic (exact) mass is 308 g/mol. The van der Waals surface area contributed by atoms with E-state index in [1.807, 2.05) is 23.1 Å². The van der Waals surface area contributed by atoms with E-state index in [0.717, 1.165) is 12.8 Å². The molecule has 2 unspecified atom stereocenters. The van der Waals surface area contributed by atoms with Gasteiger partial charge in [0.1, 0.15) is 6.04 Å². The van der Waals surface area contributed by atoms with Crippen molar-refractivity contribution in [1.29, 1.82) is 0 Å². The molecule has 5 nitrogen and oxygen atoms in total. The highest BCUT2D eigenvalue weighted by Gasteiger charge is 2.38. The molecular weight excluding hydrogens is 292 g/mol. The molecule has 1 aliphatic heterocycles. The number of carboxylic acid groups (broad SMARTS) is 1. The third-order valence-corrected chi connectivity index (χ3v) is 4.53. The lowest BCUT2D eigenvalue weighted by molar-refractivity contribution is -0.144. The average Bonchev–Trinajstić information content (AvgIpc) is 2.83. The molecule has 0 bridgehead atoms. The maximum absolute atomic E-state index is 12.0. The highest BCUT2D eigenvalue weighted by atomic mass is 35.5. The van der Waals surface area contributed by atoms with Gasteiger partial charge in [-0.05, 0) is 36.1 Å². The number of amides is 1. The average molecular weight is 309 g/mol. The largest absolute Gasteiger partial charge is 0.481 e. The van der Waals surface area contributed by atoms with Crippen molar-refractivity contribution in [1.82, 2.24) is 10.2 Å². The molecule has 1 saturated heterocycles. The molecule has 2 N–H and O–H groups in total. The van der Waals surface area contributed by atoms with Gasteiger partial charge < -0.3 is 10.4 Å². The SMILES string of the molecule is O=C(O)CC1C(=O)NCCN1C1CCc2cc(Cl)ccc21. The van der Waals surface area contributed by atoms with E-state index in [0.29, 0.717) is 18.1 Å². The molecule has 0 aromatic heterocycles. The first-order valence-electron chi connectivity index (χ1n) is 7.10. The van der Waals surface area contributed by atoms with Crippen LogP contribution in [0.15, 0.2) is 18.2 Å². The van der Waals surface area contributed by atoms with E-state index in [2.05, 4.69) is 5.32 Å². The zero-order valence-electron chi connectivity index (χ0n) is 11.5. The predicted octanol–water partition coefficient (Wildman–Crippen LogP) is 1.60. The van der Waals surface area contributed by atoms with E-state index < -0.39 is 12.0 Å². The van der Waals surface area contributed by atoms with E-state index in [9.17, 15) is 9.59 Å². The van der Waals surface area contributed by atoms with Gasteiger partial charge in [0, 0.05) is 24.2 Å². The Labute approximate surface area is 127 Å². The molecule has 1 aromatic carbocycles. The van der Waals surface area contributed by atoms with Crippen LogP contribution in [0.3, 0.4) is 0 Å². The summed E-state index contributed by atoms with van der Waals surface area (Å²) in [5.41, 5.74) is 2.37. The van der Waals surface area contributed by atoms with Crippen molar-refractivity contribution in [2.45, 2.75) is 31.3 Å². The summed E-state index contributed by atoms with van der Waals surface area (Å²) in [7, 11) is 0. The van der Waals surface area contributed by atoms with Crippen LogP contribution in [0.4, 0.5) is 0 Å². The van der Waals surface area contributed by atoms with Crippen molar-refractivity contribution >= 4 is 23.5 Å². The molecule has 0 saturated carbocycles. The zero-order chi connectivity index (χ0) is 15.0. The third-order valence-electron chi connectivity index (χ3n) is 4.29. The number of fused-ring (bicyclic) bond motifs is 1. The van der Waals surface area contributed by atoms with Crippen LogP contribution >= 0.6 is 11.6 Å². The van der Waals surface area contributed by atoms with E-state index in [1.54, 1.807) is 0 Å². The Balaban J connectivity index is 1.89. The van der Waals surface area contributed by atoms with Crippen molar-refractivity contribution in [3.8, 4) is 0 Å². The Kier molecular flexibility index (Phi) is 3.87. The second kappa shape index (κ2) is 5.66. The summed E-state index contributed by atoms with van der Waals surface area (Å²) in [6, 6.07) is 5.33. The summed E-state index contributed by atoms with van der Waals surface area (Å²) >= 11 is 6.02. The van der Waals surface area contributed by atoms with Crippen molar-refractivity contribution in [2.75, 3.05) is 13.1 Å². The predicted molar refractivity (Wildman–Crippen MR) is 78.3 cm³/mol. The fourth-order valence-corrected chi connectivity index (χ4v) is 3.58. The highest BCUT2D eigenvalue weighted by molar-refractivity contribution is 6.30. The van der Waals surface area contributed by atoms with Crippen LogP contribution < -0.4 is 5.32 Å². The zero-order valence-corrected chi connectivity index (χ0v) is 12.3. The molecule has 1 heterocycles. The van der Waals surface area contributed by atoms with Crippen molar-refractivity contribution < 1.29 is 14.7 Å². The Bertz CT molecular complexity index is 590. The summed E-state index contributed by atoms with van der Waals surface area (Å²) in [4.78, 5) is 25.1. The normalized spacial score (nSPS) is 25.5. The number of piperazine rings is 1. The van der Waals surface area contributed by atoms with Gasteiger partial charge in [-0.1, -0.05) is 17.7 Å². The lowest BCUT2D eigenvalue weighted by Gasteiger charge is -2.38. The number of carboxylic acids is 1. The van der Waals surface area contributed by atoms with Crippen molar-refractivity contribution in [3.05, 3.63) is 34.3 Å². The molecule has 3 rings (SSSR count). The molecule has 1 aliphatic carbocycles. The first-order valence-corrected chi connectivity index (χ1v) is 7.47. The lowest BCUT2D eigenvalue weighted by Crippen LogP contribution is -2.56. The van der Waals surface area contributed by atoms with Crippen LogP contribution in [0.2, 0.25) is 5.02 Å². The standard InChI is InChI=1S/C15H17ClN2O3/c16-10-2-3-11-9(7-10)1-4-12(11)18-6-5-17-15(21)13(18)8-14(19)20/h2-3,7,12-13H,1,4-6,8H2,(H,17,21)(H,19,20). The first-order chi connectivity index (χ1) is 10.1. The number of rotatable bonds is 3. The van der Waals surface area contributed by atoms with Gasteiger partial charge in [0.2, 0.25) is 5.91 Å². The number of halogens is 1. The van der Waals surface area contributed by atoms with Gasteiger partial charge in [-0.15, -0.1) is 0 Å². The van der Waals surface area contributed by atoms with Crippen LogP contribution in [0.25, 0.3) is 0 Å². The minimum atomic E-state index is -0.948. The second-order valence-electron chi connectivity index (χ2n) is 5.54. The number of aliphatic carboxylic acids is 1. The Morgan fingerprint density at radius 1 is 1.48 bits per heavy atom. The Morgan fingerprint density at radius 3 is 3.05 bits per heavy atom. The number of carbonyl (C=O) groups is 2. The van der Waals surface area contributed by atoms with Crippen LogP contribution in [0.1, 0.15) is 30.0 Å². The third kappa shape index (κ3) is 2.76. The van der Waals surface area contributed by atoms with Crippen LogP contribution in [-0.4, -0.2) is 41.0 Å². The van der Waals surface area contributed by atoms with E-state index in [-0.39, 0.29) is 18.4 Å². The van der Waals surface area contributed by atoms with Crippen LogP contribution in [0, 0.1) is 0 Å². The number of carbonyl (C=O) groups excluding carboxylic acids is 1. The second-order valence-corrected chi connectivity index (χ2v) is 5.98. The molecule has 1 amide bonds. The molecular formula is C15H17ClN2O3. The molecule has 0 radical (unpaired) electrons. The number of nitrogens with zero attached hydrogens (tertiary/aromatic N) is 1. The Hall–Kier alpha value is -1.59. The number of hydrogen-bond acceptors (Lipinski definition) is 3. The van der Waals surface area contributed by atoms with Gasteiger partial charge in [-0.3, -0.25) is 14.5 Å². The number of benzene rings is 1. The molecule has 1 fully saturated rings. The van der Waals surface area contributed by atoms with E-state index in [4.69, 9.17) is 16.7 Å². The summed E-state index contributed by atoms with van der Waals surface area (Å²) in [5.74, 6) is -1.14. The fraction of sp³-hybridized carbons (Fsp3) is 0.467. The van der Waals surface area contributed by atoms with Crippen LogP contribution in [0.5, 0.6) is 0 Å². The smallest absolute Gasteiger partial charge is 0.305 e. The van der Waals surface area contributed by atoms with Crippen molar-refractivity contribution in [2.24, 2.45) is 0 Å². The summed E-state index contributed by atoms with van der Waals surface area (Å²) in [5, 5.41) is 12.5. The van der Waals surface area contributed by atoms with Gasteiger partial charge in [0.15, 0.2) is 0 Å². The van der Waals surface area contributed by atoms with Crippen LogP contribution in [-0.2, 0) is 16.0 Å². The quantitative estimate of drug-likeness (QED) is 0.890. The minimum Gasteiger partial charge on any atom is -0.481 e. The molecule has 1 aromatic rings. The maximum Gasteiger partial charge on any atom is 0.305 e. The lowest BCUT2D eigenvalue weighted by atomic mass is 10.0. The summed E-state index contributed by atoms with van der Waals surface area (Å²) in [6.07, 6.45) is 1.66. The van der Waals surface area contributed by atoms with E-state index in [1.165, 1.54) is 11.1 Å². The first kappa shape index (κ1) is 14.4. The molecule has 112 valence electrons. The topological polar surface area (TPSA) is 69.6 Å². The number of hydrogen-bond donors (Lipinski definition) is 2. The molecule has 2 atom stereocenters. The maximum atomic E-state index is 12.0. The van der Waals surface area contributed by atoms with E-state index >= 15 is 0 Å². The molecule has 2 aliphatic rings. The summed E-state index contributed by atoms with van der Waals surface area (Å²) < 4.78 is 0. The van der Waals surface area contributed by atoms with Crippen molar-refractivity contribution in [3.63, 3.8) is 0 Å². The minimum absolute atomic E-state index is 0.104. The number of nitrogens with one attached hydrogen (secondary N) is 1. The van der Waals surface area contributed by atoms with Gasteiger partial charge in [0.25, 0.3) is 0 Å². The van der Waals surface area contributed by atoms with Gasteiger partial charge in [-0.2, -0.15) is 0 Å². The molecule has 21 heavy (non-hydrogen) atoms. The fourth-order valence-electron chi connectivity index (χ4n) is 3.39. The molecule has 6 heteroatoms. The highest BCUT2D eigenvalue weighted by Crippen LogP contribution is 2.38.